The Morgan fingerprint density at radius 1 is 1.23 bits per heavy atom. The SMILES string of the molecule is [2H]C([2H])(c1ccc(OCC)c(F)c1)c1cc(C23OCC(CO)(O2)[C@@H](O)[C@H](O)[C@H]3O)ccc1Cl. The van der Waals surface area contributed by atoms with Crippen molar-refractivity contribution >= 4 is 11.6 Å². The molecule has 4 rings (SSSR count). The lowest BCUT2D eigenvalue weighted by Crippen LogP contribution is -2.65. The summed E-state index contributed by atoms with van der Waals surface area (Å²) >= 11 is 6.30. The lowest BCUT2D eigenvalue weighted by molar-refractivity contribution is -0.329. The fraction of sp³-hybridized carbons (Fsp3) is 0.455. The van der Waals surface area contributed by atoms with Crippen LogP contribution < -0.4 is 4.74 Å². The van der Waals surface area contributed by atoms with Crippen LogP contribution in [0.25, 0.3) is 0 Å². The molecule has 2 unspecified atom stereocenters. The van der Waals surface area contributed by atoms with Gasteiger partial charge in [0.15, 0.2) is 11.6 Å². The van der Waals surface area contributed by atoms with E-state index in [9.17, 15) is 24.8 Å². The van der Waals surface area contributed by atoms with E-state index in [-0.39, 0.29) is 40.7 Å². The normalized spacial score (nSPS) is 33.7. The molecule has 2 saturated heterocycles. The van der Waals surface area contributed by atoms with Gasteiger partial charge in [-0.25, -0.2) is 4.39 Å². The fourth-order valence-electron chi connectivity index (χ4n) is 3.92. The highest BCUT2D eigenvalue weighted by atomic mass is 35.5. The van der Waals surface area contributed by atoms with Gasteiger partial charge in [0.25, 0.3) is 0 Å². The summed E-state index contributed by atoms with van der Waals surface area (Å²) in [5, 5.41) is 41.2. The van der Waals surface area contributed by atoms with Crippen LogP contribution in [0.3, 0.4) is 0 Å². The number of hydrogen-bond acceptors (Lipinski definition) is 7. The van der Waals surface area contributed by atoms with E-state index in [0.29, 0.717) is 0 Å². The average molecular weight is 457 g/mol. The summed E-state index contributed by atoms with van der Waals surface area (Å²) in [6, 6.07) is 7.79. The summed E-state index contributed by atoms with van der Waals surface area (Å²) in [5.41, 5.74) is -1.67. The Labute approximate surface area is 186 Å². The molecule has 0 saturated carbocycles. The monoisotopic (exact) mass is 456 g/mol. The van der Waals surface area contributed by atoms with Crippen molar-refractivity contribution in [1.29, 1.82) is 0 Å². The molecule has 2 aromatic rings. The van der Waals surface area contributed by atoms with Crippen molar-refractivity contribution in [2.75, 3.05) is 19.8 Å². The van der Waals surface area contributed by atoms with Gasteiger partial charge in [-0.1, -0.05) is 23.7 Å². The first kappa shape index (κ1) is 19.9. The second-order valence-corrected chi connectivity index (χ2v) is 7.97. The van der Waals surface area contributed by atoms with E-state index in [1.54, 1.807) is 6.92 Å². The van der Waals surface area contributed by atoms with Crippen molar-refractivity contribution in [3.8, 4) is 5.75 Å². The maximum absolute atomic E-state index is 14.4. The molecule has 5 atom stereocenters. The summed E-state index contributed by atoms with van der Waals surface area (Å²) in [7, 11) is 0. The van der Waals surface area contributed by atoms with Crippen LogP contribution in [0.1, 0.15) is 26.4 Å². The number of aliphatic hydroxyl groups excluding tert-OH is 4. The van der Waals surface area contributed by atoms with E-state index in [1.807, 2.05) is 0 Å². The highest BCUT2D eigenvalue weighted by molar-refractivity contribution is 6.31. The third-order valence-electron chi connectivity index (χ3n) is 5.61. The van der Waals surface area contributed by atoms with E-state index in [4.69, 9.17) is 28.6 Å². The van der Waals surface area contributed by atoms with Gasteiger partial charge in [0.05, 0.1) is 19.8 Å². The Kier molecular flexibility index (Phi) is 5.31. The molecule has 0 radical (unpaired) electrons. The number of aliphatic hydroxyl groups is 4. The van der Waals surface area contributed by atoms with Crippen molar-refractivity contribution in [2.45, 2.75) is 43.0 Å². The topological polar surface area (TPSA) is 109 Å². The van der Waals surface area contributed by atoms with Crippen molar-refractivity contribution in [3.05, 3.63) is 63.9 Å². The highest BCUT2D eigenvalue weighted by Crippen LogP contribution is 2.49. The van der Waals surface area contributed by atoms with Gasteiger partial charge >= 0.3 is 0 Å². The predicted molar refractivity (Wildman–Crippen MR) is 108 cm³/mol. The fourth-order valence-corrected chi connectivity index (χ4v) is 4.08. The number of rotatable bonds is 6. The third-order valence-corrected chi connectivity index (χ3v) is 5.94. The zero-order valence-corrected chi connectivity index (χ0v) is 17.3. The third kappa shape index (κ3) is 3.62. The molecule has 2 aliphatic rings. The maximum atomic E-state index is 14.4. The molecule has 9 heteroatoms. The lowest BCUT2D eigenvalue weighted by atomic mass is 9.83. The number of hydrogen-bond donors (Lipinski definition) is 4. The first-order valence-corrected chi connectivity index (χ1v) is 10.1. The standard InChI is InChI=1S/C22H24ClFO7/c1-2-29-17-6-3-12(8-16(17)24)7-13-9-14(4-5-15(13)23)22-20(28)18(26)19(27)21(10-25,31-22)11-30-22/h3-6,8-9,18-20,25-28H,2,7,10-11H2,1H3/t18-,19-,20+,21?,22?/m0/s1/i7D2. The van der Waals surface area contributed by atoms with E-state index < -0.39 is 48.5 Å². The van der Waals surface area contributed by atoms with Crippen molar-refractivity contribution in [2.24, 2.45) is 0 Å². The molecule has 0 aromatic heterocycles. The molecule has 31 heavy (non-hydrogen) atoms. The minimum absolute atomic E-state index is 0.0123. The molecule has 2 aliphatic heterocycles. The van der Waals surface area contributed by atoms with Crippen molar-refractivity contribution in [3.63, 3.8) is 0 Å². The highest BCUT2D eigenvalue weighted by Gasteiger charge is 2.67. The van der Waals surface area contributed by atoms with Crippen LogP contribution in [0.2, 0.25) is 5.02 Å². The first-order chi connectivity index (χ1) is 15.5. The summed E-state index contributed by atoms with van der Waals surface area (Å²) in [4.78, 5) is 0. The molecule has 2 fully saturated rings. The van der Waals surface area contributed by atoms with Gasteiger partial charge in [-0.05, 0) is 48.7 Å². The zero-order chi connectivity index (χ0) is 24.2. The molecule has 2 heterocycles. The summed E-state index contributed by atoms with van der Waals surface area (Å²) in [6.45, 7) is 0.934. The van der Waals surface area contributed by atoms with E-state index in [1.165, 1.54) is 30.3 Å². The van der Waals surface area contributed by atoms with E-state index in [0.717, 1.165) is 6.07 Å². The Morgan fingerprint density at radius 2 is 2.00 bits per heavy atom. The Bertz CT molecular complexity index is 1060. The molecular weight excluding hydrogens is 431 g/mol. The summed E-state index contributed by atoms with van der Waals surface area (Å²) in [5.74, 6) is -2.73. The van der Waals surface area contributed by atoms with Crippen LogP contribution >= 0.6 is 11.6 Å². The van der Waals surface area contributed by atoms with Crippen LogP contribution in [0.4, 0.5) is 4.39 Å². The Hall–Kier alpha value is -1.78. The van der Waals surface area contributed by atoms with Crippen LogP contribution in [-0.4, -0.2) is 64.2 Å². The van der Waals surface area contributed by atoms with Crippen LogP contribution in [0.15, 0.2) is 36.4 Å². The molecule has 0 amide bonds. The molecule has 168 valence electrons. The number of halogens is 2. The largest absolute Gasteiger partial charge is 0.491 e. The molecular formula is C22H24ClFO7. The van der Waals surface area contributed by atoms with Gasteiger partial charge in [-0.3, -0.25) is 0 Å². The molecule has 0 spiro atoms. The lowest BCUT2D eigenvalue weighted by Gasteiger charge is -2.46. The average Bonchev–Trinajstić information content (AvgIpc) is 3.18. The van der Waals surface area contributed by atoms with Gasteiger partial charge < -0.3 is 34.6 Å². The van der Waals surface area contributed by atoms with Gasteiger partial charge in [0.2, 0.25) is 5.79 Å². The van der Waals surface area contributed by atoms with Gasteiger partial charge in [-0.15, -0.1) is 0 Å². The van der Waals surface area contributed by atoms with E-state index in [2.05, 4.69) is 0 Å². The van der Waals surface area contributed by atoms with Crippen molar-refractivity contribution in [1.82, 2.24) is 0 Å². The van der Waals surface area contributed by atoms with Crippen LogP contribution in [0, 0.1) is 5.82 Å². The predicted octanol–water partition coefficient (Wildman–Crippen LogP) is 1.50. The van der Waals surface area contributed by atoms with Crippen LogP contribution in [0.5, 0.6) is 5.75 Å². The number of ether oxygens (including phenoxy) is 3. The molecule has 2 aromatic carbocycles. The Balaban J connectivity index is 1.78. The van der Waals surface area contributed by atoms with Crippen LogP contribution in [-0.2, 0) is 21.6 Å². The number of fused-ring (bicyclic) bond motifs is 2. The molecule has 0 aliphatic carbocycles. The van der Waals surface area contributed by atoms with Crippen molar-refractivity contribution < 1.29 is 41.8 Å². The molecule has 2 bridgehead atoms. The Morgan fingerprint density at radius 3 is 2.68 bits per heavy atom. The first-order valence-electron chi connectivity index (χ1n) is 10.7. The minimum atomic E-state index is -2.28. The molecule has 7 nitrogen and oxygen atoms in total. The summed E-state index contributed by atoms with van der Waals surface area (Å²) in [6.07, 6.45) is -7.35. The smallest absolute Gasteiger partial charge is 0.225 e. The molecule has 4 N–H and O–H groups in total. The summed E-state index contributed by atoms with van der Waals surface area (Å²) < 4.78 is 48.4. The second kappa shape index (κ2) is 8.29. The number of benzene rings is 2. The van der Waals surface area contributed by atoms with Gasteiger partial charge in [-0.2, -0.15) is 0 Å². The second-order valence-electron chi connectivity index (χ2n) is 7.56. The minimum Gasteiger partial charge on any atom is -0.491 e. The van der Waals surface area contributed by atoms with E-state index >= 15 is 0 Å². The quantitative estimate of drug-likeness (QED) is 0.521. The van der Waals surface area contributed by atoms with Gasteiger partial charge in [0.1, 0.15) is 23.9 Å². The maximum Gasteiger partial charge on any atom is 0.225 e. The van der Waals surface area contributed by atoms with Gasteiger partial charge in [0, 0.05) is 13.3 Å². The zero-order valence-electron chi connectivity index (χ0n) is 18.6.